The molecule has 1 aromatic carbocycles. The molecule has 3 heteroatoms. The number of carbonyl (C=O) groups is 1. The van der Waals surface area contributed by atoms with E-state index in [2.05, 4.69) is 11.9 Å². The molecule has 0 saturated heterocycles. The Hall–Kier alpha value is -2.00. The van der Waals surface area contributed by atoms with Gasteiger partial charge in [-0.15, -0.1) is 0 Å². The third-order valence-corrected chi connectivity index (χ3v) is 3.04. The van der Waals surface area contributed by atoms with Crippen molar-refractivity contribution in [2.75, 3.05) is 6.54 Å². The molecule has 0 aliphatic carbocycles. The summed E-state index contributed by atoms with van der Waals surface area (Å²) >= 11 is 0. The summed E-state index contributed by atoms with van der Waals surface area (Å²) in [5.74, 6) is 0.333. The van der Waals surface area contributed by atoms with Gasteiger partial charge in [-0.05, 0) is 30.2 Å². The molecule has 1 unspecified atom stereocenters. The highest BCUT2D eigenvalue weighted by Crippen LogP contribution is 2.16. The van der Waals surface area contributed by atoms with Crippen LogP contribution in [-0.2, 0) is 0 Å². The van der Waals surface area contributed by atoms with E-state index < -0.39 is 0 Å². The molecule has 18 heavy (non-hydrogen) atoms. The summed E-state index contributed by atoms with van der Waals surface area (Å²) < 4.78 is 0. The van der Waals surface area contributed by atoms with Gasteiger partial charge in [0.2, 0.25) is 0 Å². The molecule has 2 rings (SSSR count). The number of carbonyl (C=O) groups excluding carboxylic acids is 1. The first-order valence-corrected chi connectivity index (χ1v) is 5.97. The van der Waals surface area contributed by atoms with E-state index in [-0.39, 0.29) is 5.78 Å². The summed E-state index contributed by atoms with van der Waals surface area (Å²) in [4.78, 5) is 16.0. The number of hydrogen-bond acceptors (Lipinski definition) is 3. The maximum absolute atomic E-state index is 12.1. The number of hydrogen-bond donors (Lipinski definition) is 1. The number of rotatable bonds is 4. The highest BCUT2D eigenvalue weighted by molar-refractivity contribution is 6.08. The molecule has 0 aliphatic heterocycles. The summed E-state index contributed by atoms with van der Waals surface area (Å²) in [5.41, 5.74) is 8.12. The number of nitrogens with two attached hydrogens (primary N) is 1. The second-order valence-electron chi connectivity index (χ2n) is 4.32. The molecular weight excluding hydrogens is 224 g/mol. The predicted octanol–water partition coefficient (Wildman–Crippen LogP) is 2.37. The Balaban J connectivity index is 2.22. The van der Waals surface area contributed by atoms with Crippen LogP contribution >= 0.6 is 0 Å². The molecule has 2 N–H and O–H groups in total. The minimum Gasteiger partial charge on any atom is -0.330 e. The molecule has 1 aromatic heterocycles. The van der Waals surface area contributed by atoms with Crippen LogP contribution in [0.15, 0.2) is 48.8 Å². The topological polar surface area (TPSA) is 56.0 Å². The lowest BCUT2D eigenvalue weighted by molar-refractivity contribution is 0.103. The highest BCUT2D eigenvalue weighted by atomic mass is 16.1. The Bertz CT molecular complexity index is 520. The standard InChI is InChI=1S/C15H16N2O/c1-11(10-16)12-2-4-13(5-3-12)15(18)14-6-8-17-9-7-14/h2-9,11H,10,16H2,1H3. The third kappa shape index (κ3) is 2.63. The molecule has 0 amide bonds. The maximum atomic E-state index is 12.1. The van der Waals surface area contributed by atoms with Crippen LogP contribution in [0.1, 0.15) is 34.3 Å². The summed E-state index contributed by atoms with van der Waals surface area (Å²) in [7, 11) is 0. The van der Waals surface area contributed by atoms with Crippen LogP contribution in [0, 0.1) is 0 Å². The average Bonchev–Trinajstić information content (AvgIpc) is 2.47. The van der Waals surface area contributed by atoms with Crippen LogP contribution in [0.3, 0.4) is 0 Å². The van der Waals surface area contributed by atoms with Crippen molar-refractivity contribution >= 4 is 5.78 Å². The molecule has 1 heterocycles. The fourth-order valence-electron chi connectivity index (χ4n) is 1.77. The van der Waals surface area contributed by atoms with Gasteiger partial charge in [0.1, 0.15) is 0 Å². The van der Waals surface area contributed by atoms with Gasteiger partial charge in [-0.25, -0.2) is 0 Å². The van der Waals surface area contributed by atoms with Gasteiger partial charge in [-0.3, -0.25) is 9.78 Å². The molecule has 1 atom stereocenters. The lowest BCUT2D eigenvalue weighted by Gasteiger charge is -2.09. The maximum Gasteiger partial charge on any atom is 0.193 e. The highest BCUT2D eigenvalue weighted by Gasteiger charge is 2.09. The number of nitrogens with zero attached hydrogens (tertiary/aromatic N) is 1. The van der Waals surface area contributed by atoms with Crippen LogP contribution in [0.5, 0.6) is 0 Å². The Morgan fingerprint density at radius 2 is 1.67 bits per heavy atom. The molecule has 0 saturated carbocycles. The van der Waals surface area contributed by atoms with Crippen molar-refractivity contribution in [3.8, 4) is 0 Å². The van der Waals surface area contributed by atoms with Gasteiger partial charge in [-0.1, -0.05) is 31.2 Å². The van der Waals surface area contributed by atoms with E-state index in [1.54, 1.807) is 24.5 Å². The van der Waals surface area contributed by atoms with Gasteiger partial charge >= 0.3 is 0 Å². The van der Waals surface area contributed by atoms with Crippen LogP contribution in [-0.4, -0.2) is 17.3 Å². The smallest absolute Gasteiger partial charge is 0.193 e. The van der Waals surface area contributed by atoms with E-state index >= 15 is 0 Å². The van der Waals surface area contributed by atoms with Crippen molar-refractivity contribution in [2.45, 2.75) is 12.8 Å². The zero-order chi connectivity index (χ0) is 13.0. The Labute approximate surface area is 107 Å². The lowest BCUT2D eigenvalue weighted by Crippen LogP contribution is -2.09. The van der Waals surface area contributed by atoms with Gasteiger partial charge in [-0.2, -0.15) is 0 Å². The monoisotopic (exact) mass is 240 g/mol. The molecule has 3 nitrogen and oxygen atoms in total. The molecule has 0 fully saturated rings. The van der Waals surface area contributed by atoms with Crippen molar-refractivity contribution in [3.05, 3.63) is 65.5 Å². The number of pyridine rings is 1. The second kappa shape index (κ2) is 5.56. The van der Waals surface area contributed by atoms with E-state index in [4.69, 9.17) is 5.73 Å². The van der Waals surface area contributed by atoms with Gasteiger partial charge in [0, 0.05) is 23.5 Å². The van der Waals surface area contributed by atoms with Crippen LogP contribution < -0.4 is 5.73 Å². The average molecular weight is 240 g/mol. The minimum absolute atomic E-state index is 0.0179. The Morgan fingerprint density at radius 1 is 1.11 bits per heavy atom. The number of benzene rings is 1. The first-order chi connectivity index (χ1) is 8.72. The largest absolute Gasteiger partial charge is 0.330 e. The fraction of sp³-hybridized carbons (Fsp3) is 0.200. The van der Waals surface area contributed by atoms with Crippen molar-refractivity contribution < 1.29 is 4.79 Å². The van der Waals surface area contributed by atoms with Crippen LogP contribution in [0.4, 0.5) is 0 Å². The first-order valence-electron chi connectivity index (χ1n) is 5.97. The quantitative estimate of drug-likeness (QED) is 0.835. The molecule has 0 spiro atoms. The van der Waals surface area contributed by atoms with Gasteiger partial charge in [0.25, 0.3) is 0 Å². The first kappa shape index (κ1) is 12.5. The van der Waals surface area contributed by atoms with Gasteiger partial charge in [0.05, 0.1) is 0 Å². The zero-order valence-electron chi connectivity index (χ0n) is 10.3. The van der Waals surface area contributed by atoms with E-state index in [1.807, 2.05) is 24.3 Å². The Morgan fingerprint density at radius 3 is 2.22 bits per heavy atom. The Kier molecular flexibility index (Phi) is 3.85. The molecule has 0 aliphatic rings. The summed E-state index contributed by atoms with van der Waals surface area (Å²) in [6.45, 7) is 2.68. The summed E-state index contributed by atoms with van der Waals surface area (Å²) in [5, 5.41) is 0. The second-order valence-corrected chi connectivity index (χ2v) is 4.32. The summed E-state index contributed by atoms with van der Waals surface area (Å²) in [6, 6.07) is 11.1. The molecule has 0 bridgehead atoms. The fourth-order valence-corrected chi connectivity index (χ4v) is 1.77. The molecular formula is C15H16N2O. The number of aromatic nitrogens is 1. The zero-order valence-corrected chi connectivity index (χ0v) is 10.3. The minimum atomic E-state index is 0.0179. The van der Waals surface area contributed by atoms with Gasteiger partial charge in [0.15, 0.2) is 5.78 Å². The normalized spacial score (nSPS) is 12.1. The SMILES string of the molecule is CC(CN)c1ccc(C(=O)c2ccncc2)cc1. The van der Waals surface area contributed by atoms with E-state index in [1.165, 1.54) is 0 Å². The van der Waals surface area contributed by atoms with Crippen LogP contribution in [0.25, 0.3) is 0 Å². The van der Waals surface area contributed by atoms with E-state index in [0.717, 1.165) is 5.56 Å². The van der Waals surface area contributed by atoms with E-state index in [9.17, 15) is 4.79 Å². The van der Waals surface area contributed by atoms with E-state index in [0.29, 0.717) is 23.6 Å². The third-order valence-electron chi connectivity index (χ3n) is 3.04. The molecule has 0 radical (unpaired) electrons. The van der Waals surface area contributed by atoms with Gasteiger partial charge < -0.3 is 5.73 Å². The number of ketones is 1. The van der Waals surface area contributed by atoms with Crippen molar-refractivity contribution in [2.24, 2.45) is 5.73 Å². The van der Waals surface area contributed by atoms with Crippen LogP contribution in [0.2, 0.25) is 0 Å². The van der Waals surface area contributed by atoms with Crippen molar-refractivity contribution in [3.63, 3.8) is 0 Å². The lowest BCUT2D eigenvalue weighted by atomic mass is 9.97. The summed E-state index contributed by atoms with van der Waals surface area (Å²) in [6.07, 6.45) is 3.25. The van der Waals surface area contributed by atoms with Crippen molar-refractivity contribution in [1.82, 2.24) is 4.98 Å². The van der Waals surface area contributed by atoms with Crippen molar-refractivity contribution in [1.29, 1.82) is 0 Å². The predicted molar refractivity (Wildman–Crippen MR) is 71.6 cm³/mol. The molecule has 2 aromatic rings. The molecule has 92 valence electrons.